The van der Waals surface area contributed by atoms with E-state index in [0.29, 0.717) is 43.0 Å². The second-order valence-electron chi connectivity index (χ2n) is 8.65. The molecule has 1 saturated heterocycles. The number of para-hydroxylation sites is 1. The summed E-state index contributed by atoms with van der Waals surface area (Å²) in [7, 11) is 0. The van der Waals surface area contributed by atoms with Crippen LogP contribution in [0, 0.1) is 0 Å². The minimum Gasteiger partial charge on any atom is -0.508 e. The number of phenols is 1. The molecule has 0 atom stereocenters. The van der Waals surface area contributed by atoms with Crippen LogP contribution in [0.4, 0.5) is 18.9 Å². The first-order valence-electron chi connectivity index (χ1n) is 11.6. The number of phenolic OH excluding ortho intramolecular Hbond substituents is 1. The summed E-state index contributed by atoms with van der Waals surface area (Å²) in [6.45, 7) is 2.34. The van der Waals surface area contributed by atoms with Gasteiger partial charge in [0.15, 0.2) is 5.69 Å². The van der Waals surface area contributed by atoms with Gasteiger partial charge in [-0.25, -0.2) is 4.68 Å². The Morgan fingerprint density at radius 2 is 1.54 bits per heavy atom. The molecule has 0 saturated carbocycles. The molecule has 37 heavy (non-hydrogen) atoms. The molecule has 1 aliphatic heterocycles. The van der Waals surface area contributed by atoms with Crippen LogP contribution in [-0.2, 0) is 6.18 Å². The Morgan fingerprint density at radius 3 is 2.16 bits per heavy atom. The van der Waals surface area contributed by atoms with Crippen molar-refractivity contribution in [2.75, 3.05) is 31.1 Å². The summed E-state index contributed by atoms with van der Waals surface area (Å²) in [5, 5.41) is 13.5. The quantitative estimate of drug-likeness (QED) is 0.361. The van der Waals surface area contributed by atoms with Crippen molar-refractivity contribution in [2.45, 2.75) is 6.18 Å². The highest BCUT2D eigenvalue weighted by Crippen LogP contribution is 2.34. The largest absolute Gasteiger partial charge is 0.508 e. The van der Waals surface area contributed by atoms with Crippen molar-refractivity contribution in [3.63, 3.8) is 0 Å². The van der Waals surface area contributed by atoms with Crippen LogP contribution in [0.5, 0.6) is 5.75 Å². The summed E-state index contributed by atoms with van der Waals surface area (Å²) in [4.78, 5) is 17.0. The van der Waals surface area contributed by atoms with E-state index in [9.17, 15) is 23.1 Å². The van der Waals surface area contributed by atoms with Gasteiger partial charge in [0.05, 0.1) is 16.4 Å². The fourth-order valence-electron chi connectivity index (χ4n) is 4.33. The van der Waals surface area contributed by atoms with Crippen LogP contribution in [-0.4, -0.2) is 51.9 Å². The molecule has 1 amide bonds. The molecule has 1 N–H and O–H groups in total. The van der Waals surface area contributed by atoms with Crippen LogP contribution in [0.2, 0.25) is 5.02 Å². The molecule has 1 fully saturated rings. The Balaban J connectivity index is 1.35. The first-order chi connectivity index (χ1) is 17.7. The summed E-state index contributed by atoms with van der Waals surface area (Å²) < 4.78 is 41.6. The number of halogens is 4. The molecule has 0 spiro atoms. The van der Waals surface area contributed by atoms with Gasteiger partial charge < -0.3 is 14.9 Å². The number of nitrogens with zero attached hydrogens (tertiary/aromatic N) is 4. The molecule has 0 radical (unpaired) electrons. The Labute approximate surface area is 216 Å². The van der Waals surface area contributed by atoms with Crippen molar-refractivity contribution in [3.8, 4) is 22.7 Å². The summed E-state index contributed by atoms with van der Waals surface area (Å²) in [5.41, 5.74) is 1.39. The Hall–Kier alpha value is -3.98. The number of hydrogen-bond donors (Lipinski definition) is 1. The van der Waals surface area contributed by atoms with Crippen LogP contribution in [0.1, 0.15) is 16.1 Å². The number of rotatable bonds is 4. The number of aromatic nitrogens is 2. The van der Waals surface area contributed by atoms with Gasteiger partial charge in [-0.15, -0.1) is 0 Å². The summed E-state index contributed by atoms with van der Waals surface area (Å²) in [5.74, 6) is 0.0538. The van der Waals surface area contributed by atoms with Gasteiger partial charge in [0.2, 0.25) is 0 Å². The number of hydrogen-bond acceptors (Lipinski definition) is 4. The molecule has 3 aromatic carbocycles. The summed E-state index contributed by atoms with van der Waals surface area (Å²) >= 11 is 6.24. The predicted octanol–water partition coefficient (Wildman–Crippen LogP) is 5.88. The van der Waals surface area contributed by atoms with Crippen LogP contribution < -0.4 is 4.90 Å². The van der Waals surface area contributed by atoms with Gasteiger partial charge in [0, 0.05) is 43.0 Å². The zero-order valence-electron chi connectivity index (χ0n) is 19.5. The SMILES string of the molecule is O=C(c1ccc(-c2cc(C(F)(F)F)nn2-c2ccccc2Cl)cc1)N1CCN(c2ccc(O)cc2)CC1. The smallest absolute Gasteiger partial charge is 0.435 e. The molecule has 0 aliphatic carbocycles. The lowest BCUT2D eigenvalue weighted by atomic mass is 10.1. The molecule has 6 nitrogen and oxygen atoms in total. The third kappa shape index (κ3) is 5.13. The number of carbonyl (C=O) groups excluding carboxylic acids is 1. The molecular weight excluding hydrogens is 505 g/mol. The maximum Gasteiger partial charge on any atom is 0.435 e. The number of benzene rings is 3. The van der Waals surface area contributed by atoms with Gasteiger partial charge in [-0.2, -0.15) is 18.3 Å². The monoisotopic (exact) mass is 526 g/mol. The van der Waals surface area contributed by atoms with Crippen molar-refractivity contribution in [1.82, 2.24) is 14.7 Å². The molecule has 0 bridgehead atoms. The topological polar surface area (TPSA) is 61.6 Å². The second kappa shape index (κ2) is 9.82. The lowest BCUT2D eigenvalue weighted by Gasteiger charge is -2.36. The van der Waals surface area contributed by atoms with E-state index in [1.807, 2.05) is 12.1 Å². The van der Waals surface area contributed by atoms with E-state index in [1.54, 1.807) is 65.6 Å². The van der Waals surface area contributed by atoms with Gasteiger partial charge in [0.1, 0.15) is 5.75 Å². The maximum atomic E-state index is 13.5. The third-order valence-electron chi connectivity index (χ3n) is 6.29. The van der Waals surface area contributed by atoms with E-state index in [1.165, 1.54) is 4.68 Å². The number of aromatic hydroxyl groups is 1. The predicted molar refractivity (Wildman–Crippen MR) is 135 cm³/mol. The Kier molecular flexibility index (Phi) is 6.55. The van der Waals surface area contributed by atoms with E-state index in [4.69, 9.17) is 11.6 Å². The van der Waals surface area contributed by atoms with Crippen molar-refractivity contribution >= 4 is 23.2 Å². The summed E-state index contributed by atoms with van der Waals surface area (Å²) in [6.07, 6.45) is -4.63. The van der Waals surface area contributed by atoms with Crippen molar-refractivity contribution in [1.29, 1.82) is 0 Å². The minimum atomic E-state index is -4.63. The molecule has 190 valence electrons. The van der Waals surface area contributed by atoms with Gasteiger partial charge in [-0.1, -0.05) is 35.9 Å². The zero-order valence-corrected chi connectivity index (χ0v) is 20.2. The van der Waals surface area contributed by atoms with Crippen LogP contribution in [0.3, 0.4) is 0 Å². The normalized spacial score (nSPS) is 14.2. The number of alkyl halides is 3. The Bertz CT molecular complexity index is 1410. The molecule has 0 unspecified atom stereocenters. The van der Waals surface area contributed by atoms with Crippen LogP contribution in [0.25, 0.3) is 16.9 Å². The molecule has 1 aromatic heterocycles. The highest BCUT2D eigenvalue weighted by molar-refractivity contribution is 6.32. The molecular formula is C27H22ClF3N4O2. The average Bonchev–Trinajstić information content (AvgIpc) is 3.35. The maximum absolute atomic E-state index is 13.5. The van der Waals surface area contributed by atoms with Crippen LogP contribution >= 0.6 is 11.6 Å². The van der Waals surface area contributed by atoms with Crippen LogP contribution in [0.15, 0.2) is 78.9 Å². The van der Waals surface area contributed by atoms with Gasteiger partial charge >= 0.3 is 6.18 Å². The van der Waals surface area contributed by atoms with E-state index in [-0.39, 0.29) is 22.4 Å². The van der Waals surface area contributed by atoms with Gasteiger partial charge in [-0.3, -0.25) is 4.79 Å². The minimum absolute atomic E-state index is 0.146. The molecule has 4 aromatic rings. The first-order valence-corrected chi connectivity index (χ1v) is 11.9. The number of piperazine rings is 1. The fourth-order valence-corrected chi connectivity index (χ4v) is 4.55. The molecule has 5 rings (SSSR count). The Morgan fingerprint density at radius 1 is 0.892 bits per heavy atom. The van der Waals surface area contributed by atoms with Crippen molar-refractivity contribution < 1.29 is 23.1 Å². The van der Waals surface area contributed by atoms with Gasteiger partial charge in [0.25, 0.3) is 5.91 Å². The highest BCUT2D eigenvalue weighted by atomic mass is 35.5. The van der Waals surface area contributed by atoms with Crippen molar-refractivity contribution in [2.24, 2.45) is 0 Å². The van der Waals surface area contributed by atoms with E-state index < -0.39 is 11.9 Å². The number of carbonyl (C=O) groups is 1. The first kappa shape index (κ1) is 24.7. The molecule has 1 aliphatic rings. The van der Waals surface area contributed by atoms with Gasteiger partial charge in [-0.05, 0) is 54.6 Å². The lowest BCUT2D eigenvalue weighted by Crippen LogP contribution is -2.48. The molecule has 10 heteroatoms. The number of amides is 1. The second-order valence-corrected chi connectivity index (χ2v) is 9.06. The standard InChI is InChI=1S/C27H22ClF3N4O2/c28-22-3-1-2-4-23(22)35-24(17-25(32-35)27(29,30)31)18-5-7-19(8-6-18)26(37)34-15-13-33(14-16-34)20-9-11-21(36)12-10-20/h1-12,17,36H,13-16H2. The van der Waals surface area contributed by atoms with Crippen molar-refractivity contribution in [3.05, 3.63) is 95.1 Å². The highest BCUT2D eigenvalue weighted by Gasteiger charge is 2.35. The fraction of sp³-hybridized carbons (Fsp3) is 0.185. The third-order valence-corrected chi connectivity index (χ3v) is 6.61. The molecule has 2 heterocycles. The van der Waals surface area contributed by atoms with E-state index in [0.717, 1.165) is 11.8 Å². The lowest BCUT2D eigenvalue weighted by molar-refractivity contribution is -0.141. The average molecular weight is 527 g/mol. The van der Waals surface area contributed by atoms with E-state index in [2.05, 4.69) is 10.00 Å². The number of anilines is 1. The zero-order chi connectivity index (χ0) is 26.2. The summed E-state index contributed by atoms with van der Waals surface area (Å²) in [6, 6.07) is 20.9. The van der Waals surface area contributed by atoms with E-state index >= 15 is 0 Å².